The monoisotopic (exact) mass is 247 g/mol. The Morgan fingerprint density at radius 1 is 1.24 bits per heavy atom. The molecular formula is C10H21N3O4. The summed E-state index contributed by atoms with van der Waals surface area (Å²) in [6.07, 6.45) is 0.885. The van der Waals surface area contributed by atoms with Gasteiger partial charge in [0.1, 0.15) is 6.61 Å². The standard InChI is InChI=1S/C10H21N3O4/c1-13(2)6-3-4-11-10(16)12-5-7-17-8-9(14)15/h3-8H2,1-2H3,(H,14,15)(H2,11,12,16). The third-order valence-electron chi connectivity index (χ3n) is 1.83. The molecule has 3 N–H and O–H groups in total. The fourth-order valence-electron chi connectivity index (χ4n) is 1.06. The van der Waals surface area contributed by atoms with Gasteiger partial charge in [0, 0.05) is 13.1 Å². The van der Waals surface area contributed by atoms with Crippen molar-refractivity contribution in [3.63, 3.8) is 0 Å². The number of carboxylic acid groups (broad SMARTS) is 1. The Kier molecular flexibility index (Phi) is 9.08. The van der Waals surface area contributed by atoms with Crippen LogP contribution in [0.2, 0.25) is 0 Å². The molecule has 17 heavy (non-hydrogen) atoms. The summed E-state index contributed by atoms with van der Waals surface area (Å²) in [6, 6.07) is -0.261. The first kappa shape index (κ1) is 15.7. The van der Waals surface area contributed by atoms with Crippen LogP contribution in [0.25, 0.3) is 0 Å². The SMILES string of the molecule is CN(C)CCCNC(=O)NCCOCC(=O)O. The lowest BCUT2D eigenvalue weighted by Gasteiger charge is -2.10. The zero-order chi connectivity index (χ0) is 13.1. The number of carbonyl (C=O) groups excluding carboxylic acids is 1. The van der Waals surface area contributed by atoms with Gasteiger partial charge in [0.2, 0.25) is 0 Å². The number of ether oxygens (including phenoxy) is 1. The number of hydrogen-bond acceptors (Lipinski definition) is 4. The molecule has 0 rings (SSSR count). The summed E-state index contributed by atoms with van der Waals surface area (Å²) in [5.74, 6) is -1.02. The van der Waals surface area contributed by atoms with Crippen molar-refractivity contribution in [2.75, 3.05) is 46.9 Å². The van der Waals surface area contributed by atoms with Crippen LogP contribution in [0, 0.1) is 0 Å². The second kappa shape index (κ2) is 9.86. The van der Waals surface area contributed by atoms with Gasteiger partial charge in [-0.05, 0) is 27.1 Å². The number of carbonyl (C=O) groups is 2. The molecule has 100 valence electrons. The number of urea groups is 1. The van der Waals surface area contributed by atoms with Crippen LogP contribution in [0.5, 0.6) is 0 Å². The predicted octanol–water partition coefficient (Wildman–Crippen LogP) is -0.661. The van der Waals surface area contributed by atoms with Crippen LogP contribution in [0.1, 0.15) is 6.42 Å². The molecule has 0 atom stereocenters. The Bertz CT molecular complexity index is 234. The molecule has 0 saturated heterocycles. The highest BCUT2D eigenvalue weighted by Gasteiger charge is 2.00. The van der Waals surface area contributed by atoms with Gasteiger partial charge in [0.15, 0.2) is 0 Å². The predicted molar refractivity (Wildman–Crippen MR) is 63.0 cm³/mol. The molecule has 7 nitrogen and oxygen atoms in total. The van der Waals surface area contributed by atoms with E-state index < -0.39 is 5.97 Å². The van der Waals surface area contributed by atoms with Crippen molar-refractivity contribution < 1.29 is 19.4 Å². The summed E-state index contributed by atoms with van der Waals surface area (Å²) in [4.78, 5) is 23.3. The maximum absolute atomic E-state index is 11.2. The van der Waals surface area contributed by atoms with Crippen LogP contribution in [0.3, 0.4) is 0 Å². The lowest BCUT2D eigenvalue weighted by atomic mass is 10.4. The van der Waals surface area contributed by atoms with Gasteiger partial charge in [-0.1, -0.05) is 0 Å². The highest BCUT2D eigenvalue weighted by Crippen LogP contribution is 1.80. The minimum Gasteiger partial charge on any atom is -0.480 e. The summed E-state index contributed by atoms with van der Waals surface area (Å²) in [6.45, 7) is 1.68. The maximum Gasteiger partial charge on any atom is 0.329 e. The molecule has 0 aromatic rings. The molecule has 7 heteroatoms. The molecule has 0 aliphatic heterocycles. The first-order valence-electron chi connectivity index (χ1n) is 5.48. The van der Waals surface area contributed by atoms with E-state index in [0.29, 0.717) is 13.1 Å². The molecule has 0 aliphatic carbocycles. The Balaban J connectivity index is 3.26. The Morgan fingerprint density at radius 3 is 2.47 bits per heavy atom. The summed E-state index contributed by atoms with van der Waals surface area (Å²) in [5, 5.41) is 13.5. The van der Waals surface area contributed by atoms with Gasteiger partial charge in [-0.25, -0.2) is 9.59 Å². The van der Waals surface area contributed by atoms with Crippen LogP contribution in [0.4, 0.5) is 4.79 Å². The smallest absolute Gasteiger partial charge is 0.329 e. The molecule has 0 aliphatic rings. The lowest BCUT2D eigenvalue weighted by molar-refractivity contribution is -0.142. The molecule has 2 amide bonds. The third-order valence-corrected chi connectivity index (χ3v) is 1.83. The van der Waals surface area contributed by atoms with Gasteiger partial charge in [-0.2, -0.15) is 0 Å². The second-order valence-electron chi connectivity index (χ2n) is 3.79. The molecule has 0 fully saturated rings. The summed E-state index contributed by atoms with van der Waals surface area (Å²) < 4.78 is 4.75. The Hall–Kier alpha value is -1.34. The van der Waals surface area contributed by atoms with Crippen molar-refractivity contribution >= 4 is 12.0 Å². The third kappa shape index (κ3) is 12.6. The van der Waals surface area contributed by atoms with Crippen LogP contribution >= 0.6 is 0 Å². The molecule has 0 unspecified atom stereocenters. The number of aliphatic carboxylic acids is 1. The van der Waals surface area contributed by atoms with E-state index in [4.69, 9.17) is 9.84 Å². The maximum atomic E-state index is 11.2. The molecule has 0 aromatic carbocycles. The fraction of sp³-hybridized carbons (Fsp3) is 0.800. The van der Waals surface area contributed by atoms with E-state index in [1.807, 2.05) is 19.0 Å². The fourth-order valence-corrected chi connectivity index (χ4v) is 1.06. The summed E-state index contributed by atoms with van der Waals surface area (Å²) >= 11 is 0. The Labute approximate surface area is 101 Å². The van der Waals surface area contributed by atoms with Crippen LogP contribution in [-0.2, 0) is 9.53 Å². The van der Waals surface area contributed by atoms with Crippen molar-refractivity contribution in [3.8, 4) is 0 Å². The van der Waals surface area contributed by atoms with Gasteiger partial charge in [-0.15, -0.1) is 0 Å². The van der Waals surface area contributed by atoms with Gasteiger partial charge in [0.25, 0.3) is 0 Å². The molecular weight excluding hydrogens is 226 g/mol. The number of nitrogens with one attached hydrogen (secondary N) is 2. The average molecular weight is 247 g/mol. The molecule has 0 bridgehead atoms. The van der Waals surface area contributed by atoms with E-state index in [1.54, 1.807) is 0 Å². The molecule has 0 saturated carbocycles. The first-order chi connectivity index (χ1) is 8.02. The van der Waals surface area contributed by atoms with Crippen molar-refractivity contribution in [3.05, 3.63) is 0 Å². The van der Waals surface area contributed by atoms with Crippen LogP contribution in [0.15, 0.2) is 0 Å². The van der Waals surface area contributed by atoms with Crippen molar-refractivity contribution in [1.82, 2.24) is 15.5 Å². The highest BCUT2D eigenvalue weighted by molar-refractivity contribution is 5.73. The van der Waals surface area contributed by atoms with E-state index >= 15 is 0 Å². The minimum absolute atomic E-state index is 0.192. The van der Waals surface area contributed by atoms with E-state index in [0.717, 1.165) is 13.0 Å². The first-order valence-corrected chi connectivity index (χ1v) is 5.48. The van der Waals surface area contributed by atoms with Gasteiger partial charge in [-0.3, -0.25) is 0 Å². The quantitative estimate of drug-likeness (QED) is 0.470. The van der Waals surface area contributed by atoms with Gasteiger partial charge < -0.3 is 25.4 Å². The van der Waals surface area contributed by atoms with Gasteiger partial charge in [0.05, 0.1) is 6.61 Å². The summed E-state index contributed by atoms with van der Waals surface area (Å²) in [5.41, 5.74) is 0. The average Bonchev–Trinajstić information content (AvgIpc) is 2.23. The van der Waals surface area contributed by atoms with Crippen molar-refractivity contribution in [1.29, 1.82) is 0 Å². The highest BCUT2D eigenvalue weighted by atomic mass is 16.5. The lowest BCUT2D eigenvalue weighted by Crippen LogP contribution is -2.38. The topological polar surface area (TPSA) is 90.9 Å². The summed E-state index contributed by atoms with van der Waals surface area (Å²) in [7, 11) is 3.94. The number of rotatable bonds is 9. The molecule has 0 spiro atoms. The number of hydrogen-bond donors (Lipinski definition) is 3. The van der Waals surface area contributed by atoms with Crippen molar-refractivity contribution in [2.45, 2.75) is 6.42 Å². The number of carboxylic acids is 1. The largest absolute Gasteiger partial charge is 0.480 e. The van der Waals surface area contributed by atoms with E-state index in [2.05, 4.69) is 10.6 Å². The van der Waals surface area contributed by atoms with E-state index in [9.17, 15) is 9.59 Å². The van der Waals surface area contributed by atoms with Crippen LogP contribution in [-0.4, -0.2) is 69.0 Å². The van der Waals surface area contributed by atoms with Gasteiger partial charge >= 0.3 is 12.0 Å². The van der Waals surface area contributed by atoms with E-state index in [-0.39, 0.29) is 19.2 Å². The molecule has 0 aromatic heterocycles. The number of amides is 2. The van der Waals surface area contributed by atoms with Crippen molar-refractivity contribution in [2.24, 2.45) is 0 Å². The zero-order valence-corrected chi connectivity index (χ0v) is 10.4. The van der Waals surface area contributed by atoms with E-state index in [1.165, 1.54) is 0 Å². The van der Waals surface area contributed by atoms with Crippen LogP contribution < -0.4 is 10.6 Å². The minimum atomic E-state index is -1.02. The molecule has 0 radical (unpaired) electrons. The number of nitrogens with zero attached hydrogens (tertiary/aromatic N) is 1. The Morgan fingerprint density at radius 2 is 1.88 bits per heavy atom. The normalized spacial score (nSPS) is 10.3. The zero-order valence-electron chi connectivity index (χ0n) is 10.4. The second-order valence-corrected chi connectivity index (χ2v) is 3.79. The molecule has 0 heterocycles.